The van der Waals surface area contributed by atoms with Crippen LogP contribution in [-0.2, 0) is 14.3 Å². The van der Waals surface area contributed by atoms with Gasteiger partial charge >= 0.3 is 0 Å². The summed E-state index contributed by atoms with van der Waals surface area (Å²) in [4.78, 5) is 11.1. The van der Waals surface area contributed by atoms with Gasteiger partial charge in [-0.3, -0.25) is 4.79 Å². The summed E-state index contributed by atoms with van der Waals surface area (Å²) in [5.74, 6) is 0.0525. The molecule has 0 atom stereocenters. The van der Waals surface area contributed by atoms with Gasteiger partial charge in [-0.25, -0.2) is 0 Å². The zero-order chi connectivity index (χ0) is 8.81. The van der Waals surface area contributed by atoms with Crippen LogP contribution in [0, 0.1) is 0 Å². The lowest BCUT2D eigenvalue weighted by molar-refractivity contribution is -0.126. The first kappa shape index (κ1) is 9.48. The fourth-order valence-corrected chi connectivity index (χ4v) is 0.928. The minimum absolute atomic E-state index is 0.0525. The van der Waals surface area contributed by atoms with Crippen LogP contribution in [0.15, 0.2) is 0 Å². The molecule has 4 nitrogen and oxygen atoms in total. The SMILES string of the molecule is CCOCCC(=O)NC1COC1. The Labute approximate surface area is 72.2 Å². The third-order valence-electron chi connectivity index (χ3n) is 1.68. The number of nitrogens with one attached hydrogen (secondary N) is 1. The molecule has 1 rings (SSSR count). The molecule has 70 valence electrons. The van der Waals surface area contributed by atoms with Gasteiger partial charge in [0.05, 0.1) is 25.9 Å². The number of rotatable bonds is 5. The van der Waals surface area contributed by atoms with Gasteiger partial charge < -0.3 is 14.8 Å². The number of ether oxygens (including phenoxy) is 2. The first-order valence-electron chi connectivity index (χ1n) is 4.27. The molecule has 0 saturated carbocycles. The molecule has 1 fully saturated rings. The van der Waals surface area contributed by atoms with Crippen LogP contribution in [0.2, 0.25) is 0 Å². The van der Waals surface area contributed by atoms with Crippen molar-refractivity contribution < 1.29 is 14.3 Å². The predicted octanol–water partition coefficient (Wildman–Crippen LogP) is -0.0720. The van der Waals surface area contributed by atoms with Gasteiger partial charge in [0, 0.05) is 13.0 Å². The molecule has 12 heavy (non-hydrogen) atoms. The lowest BCUT2D eigenvalue weighted by Gasteiger charge is -2.26. The van der Waals surface area contributed by atoms with Crippen LogP contribution >= 0.6 is 0 Å². The largest absolute Gasteiger partial charge is 0.381 e. The van der Waals surface area contributed by atoms with E-state index in [4.69, 9.17) is 9.47 Å². The van der Waals surface area contributed by atoms with Crippen molar-refractivity contribution in [3.8, 4) is 0 Å². The molecule has 1 aliphatic rings. The third-order valence-corrected chi connectivity index (χ3v) is 1.68. The number of amides is 1. The second-order valence-electron chi connectivity index (χ2n) is 2.75. The maximum absolute atomic E-state index is 11.1. The normalized spacial score (nSPS) is 17.1. The van der Waals surface area contributed by atoms with E-state index in [0.717, 1.165) is 0 Å². The monoisotopic (exact) mass is 173 g/mol. The van der Waals surface area contributed by atoms with E-state index in [1.54, 1.807) is 0 Å². The van der Waals surface area contributed by atoms with E-state index in [9.17, 15) is 4.79 Å². The van der Waals surface area contributed by atoms with Crippen LogP contribution in [0.4, 0.5) is 0 Å². The van der Waals surface area contributed by atoms with Crippen molar-refractivity contribution in [3.05, 3.63) is 0 Å². The Kier molecular flexibility index (Phi) is 4.04. The maximum Gasteiger partial charge on any atom is 0.222 e. The fourth-order valence-electron chi connectivity index (χ4n) is 0.928. The van der Waals surface area contributed by atoms with Crippen molar-refractivity contribution in [1.82, 2.24) is 5.32 Å². The quantitative estimate of drug-likeness (QED) is 0.592. The second-order valence-corrected chi connectivity index (χ2v) is 2.75. The molecule has 0 radical (unpaired) electrons. The molecule has 0 unspecified atom stereocenters. The average Bonchev–Trinajstić information content (AvgIpc) is 1.98. The van der Waals surface area contributed by atoms with Crippen molar-refractivity contribution in [3.63, 3.8) is 0 Å². The minimum atomic E-state index is 0.0525. The van der Waals surface area contributed by atoms with E-state index in [2.05, 4.69) is 5.32 Å². The zero-order valence-corrected chi connectivity index (χ0v) is 7.34. The summed E-state index contributed by atoms with van der Waals surface area (Å²) in [6.07, 6.45) is 0.449. The van der Waals surface area contributed by atoms with Crippen molar-refractivity contribution in [1.29, 1.82) is 0 Å². The van der Waals surface area contributed by atoms with Gasteiger partial charge in [0.15, 0.2) is 0 Å². The van der Waals surface area contributed by atoms with E-state index < -0.39 is 0 Å². The van der Waals surface area contributed by atoms with Crippen molar-refractivity contribution in [2.45, 2.75) is 19.4 Å². The molecule has 0 aliphatic carbocycles. The van der Waals surface area contributed by atoms with Crippen LogP contribution in [0.5, 0.6) is 0 Å². The third kappa shape index (κ3) is 3.19. The highest BCUT2D eigenvalue weighted by atomic mass is 16.5. The highest BCUT2D eigenvalue weighted by molar-refractivity contribution is 5.76. The molecular formula is C8H15NO3. The molecule has 1 heterocycles. The lowest BCUT2D eigenvalue weighted by Crippen LogP contribution is -2.48. The Morgan fingerprint density at radius 3 is 2.92 bits per heavy atom. The Morgan fingerprint density at radius 1 is 1.67 bits per heavy atom. The number of hydrogen-bond donors (Lipinski definition) is 1. The molecule has 0 aromatic rings. The number of hydrogen-bond acceptors (Lipinski definition) is 3. The van der Waals surface area contributed by atoms with Crippen LogP contribution in [0.3, 0.4) is 0 Å². The molecule has 4 heteroatoms. The minimum Gasteiger partial charge on any atom is -0.381 e. The topological polar surface area (TPSA) is 47.6 Å². The summed E-state index contributed by atoms with van der Waals surface area (Å²) in [7, 11) is 0. The second kappa shape index (κ2) is 5.11. The van der Waals surface area contributed by atoms with Crippen molar-refractivity contribution >= 4 is 5.91 Å². The summed E-state index contributed by atoms with van der Waals surface area (Å²) >= 11 is 0. The van der Waals surface area contributed by atoms with Gasteiger partial charge in [0.2, 0.25) is 5.91 Å². The average molecular weight is 173 g/mol. The van der Waals surface area contributed by atoms with Crippen LogP contribution in [0.25, 0.3) is 0 Å². The molecule has 0 aromatic heterocycles. The van der Waals surface area contributed by atoms with Crippen molar-refractivity contribution in [2.24, 2.45) is 0 Å². The molecule has 0 spiro atoms. The Balaban J connectivity index is 1.95. The standard InChI is InChI=1S/C8H15NO3/c1-2-11-4-3-8(10)9-7-5-12-6-7/h7H,2-6H2,1H3,(H,9,10). The number of carbonyl (C=O) groups excluding carboxylic acids is 1. The molecule has 0 bridgehead atoms. The Morgan fingerprint density at radius 2 is 2.42 bits per heavy atom. The predicted molar refractivity (Wildman–Crippen MR) is 43.9 cm³/mol. The fraction of sp³-hybridized carbons (Fsp3) is 0.875. The van der Waals surface area contributed by atoms with Crippen LogP contribution in [-0.4, -0.2) is 38.4 Å². The van der Waals surface area contributed by atoms with E-state index in [-0.39, 0.29) is 11.9 Å². The van der Waals surface area contributed by atoms with E-state index >= 15 is 0 Å². The summed E-state index contributed by atoms with van der Waals surface area (Å²) in [6.45, 7) is 4.40. The highest BCUT2D eigenvalue weighted by Crippen LogP contribution is 1.99. The van der Waals surface area contributed by atoms with Gasteiger partial charge in [-0.05, 0) is 6.92 Å². The zero-order valence-electron chi connectivity index (χ0n) is 7.34. The molecule has 1 N–H and O–H groups in total. The van der Waals surface area contributed by atoms with Crippen LogP contribution < -0.4 is 5.32 Å². The smallest absolute Gasteiger partial charge is 0.222 e. The first-order valence-corrected chi connectivity index (χ1v) is 4.27. The first-order chi connectivity index (χ1) is 5.83. The van der Waals surface area contributed by atoms with Gasteiger partial charge in [-0.15, -0.1) is 0 Å². The van der Waals surface area contributed by atoms with Crippen molar-refractivity contribution in [2.75, 3.05) is 26.4 Å². The van der Waals surface area contributed by atoms with Gasteiger partial charge in [0.1, 0.15) is 0 Å². The van der Waals surface area contributed by atoms with E-state index in [0.29, 0.717) is 32.8 Å². The molecule has 1 saturated heterocycles. The lowest BCUT2D eigenvalue weighted by atomic mass is 10.2. The molecule has 1 amide bonds. The highest BCUT2D eigenvalue weighted by Gasteiger charge is 2.19. The Bertz CT molecular complexity index is 145. The maximum atomic E-state index is 11.1. The summed E-state index contributed by atoms with van der Waals surface area (Å²) in [6, 6.07) is 0.235. The van der Waals surface area contributed by atoms with E-state index in [1.807, 2.05) is 6.92 Å². The van der Waals surface area contributed by atoms with Gasteiger partial charge in [-0.2, -0.15) is 0 Å². The molecular weight excluding hydrogens is 158 g/mol. The summed E-state index contributed by atoms with van der Waals surface area (Å²) in [5, 5.41) is 2.83. The molecule has 1 aliphatic heterocycles. The summed E-state index contributed by atoms with van der Waals surface area (Å²) < 4.78 is 9.96. The van der Waals surface area contributed by atoms with Gasteiger partial charge in [0.25, 0.3) is 0 Å². The summed E-state index contributed by atoms with van der Waals surface area (Å²) in [5.41, 5.74) is 0. The Hall–Kier alpha value is -0.610. The van der Waals surface area contributed by atoms with Crippen LogP contribution in [0.1, 0.15) is 13.3 Å². The number of carbonyl (C=O) groups is 1. The molecule has 0 aromatic carbocycles. The van der Waals surface area contributed by atoms with Gasteiger partial charge in [-0.1, -0.05) is 0 Å². The van der Waals surface area contributed by atoms with E-state index in [1.165, 1.54) is 0 Å².